The molecule has 0 fully saturated rings. The van der Waals surface area contributed by atoms with E-state index in [0.717, 1.165) is 5.56 Å². The molecular weight excluding hydrogens is 258 g/mol. The van der Waals surface area contributed by atoms with E-state index in [-0.39, 0.29) is 12.2 Å². The lowest BCUT2D eigenvalue weighted by Crippen LogP contribution is -2.06. The Hall–Kier alpha value is -2.11. The van der Waals surface area contributed by atoms with Crippen molar-refractivity contribution in [2.24, 2.45) is 0 Å². The number of carbonyl (C=O) groups excluding carboxylic acids is 1. The van der Waals surface area contributed by atoms with E-state index in [1.807, 2.05) is 30.3 Å². The van der Waals surface area contributed by atoms with Gasteiger partial charge in [0.2, 0.25) is 0 Å². The van der Waals surface area contributed by atoms with Crippen LogP contribution < -0.4 is 0 Å². The molecule has 94 valence electrons. The van der Waals surface area contributed by atoms with Gasteiger partial charge >= 0.3 is 0 Å². The largest absolute Gasteiger partial charge is 0.294 e. The van der Waals surface area contributed by atoms with Gasteiger partial charge in [0.05, 0.1) is 12.0 Å². The molecule has 1 atom stereocenters. The van der Waals surface area contributed by atoms with Crippen molar-refractivity contribution in [3.63, 3.8) is 0 Å². The average Bonchev–Trinajstić information content (AvgIpc) is 2.46. The van der Waals surface area contributed by atoms with Gasteiger partial charge in [0.15, 0.2) is 5.78 Å². The summed E-state index contributed by atoms with van der Waals surface area (Å²) in [5, 5.41) is 9.79. The summed E-state index contributed by atoms with van der Waals surface area (Å²) in [4.78, 5) is 12.1. The first-order valence-electron chi connectivity index (χ1n) is 5.94. The number of hydrogen-bond acceptors (Lipinski definition) is 2. The molecule has 0 N–H and O–H groups in total. The molecule has 2 aromatic carbocycles. The van der Waals surface area contributed by atoms with Crippen LogP contribution in [0.1, 0.15) is 28.3 Å². The number of nitrogens with zero attached hydrogens (tertiary/aromatic N) is 1. The molecule has 0 aliphatic heterocycles. The maximum Gasteiger partial charge on any atom is 0.164 e. The molecule has 0 aromatic heterocycles. The molecule has 2 rings (SSSR count). The summed E-state index contributed by atoms with van der Waals surface area (Å²) in [6, 6.07) is 18.3. The zero-order valence-electron chi connectivity index (χ0n) is 10.2. The molecule has 3 heteroatoms. The fourth-order valence-corrected chi connectivity index (χ4v) is 1.99. The van der Waals surface area contributed by atoms with Gasteiger partial charge in [-0.3, -0.25) is 4.79 Å². The second kappa shape index (κ2) is 6.17. The molecule has 0 saturated carbocycles. The van der Waals surface area contributed by atoms with Gasteiger partial charge in [-0.2, -0.15) is 5.26 Å². The molecule has 0 radical (unpaired) electrons. The molecule has 0 amide bonds. The monoisotopic (exact) mass is 269 g/mol. The Morgan fingerprint density at radius 3 is 2.32 bits per heavy atom. The number of rotatable bonds is 4. The summed E-state index contributed by atoms with van der Waals surface area (Å²) in [5.41, 5.74) is 1.45. The van der Waals surface area contributed by atoms with Gasteiger partial charge in [0.1, 0.15) is 0 Å². The first-order chi connectivity index (χ1) is 9.20. The van der Waals surface area contributed by atoms with Crippen LogP contribution in [0.3, 0.4) is 0 Å². The summed E-state index contributed by atoms with van der Waals surface area (Å²) >= 11 is 5.78. The molecule has 0 aliphatic carbocycles. The van der Waals surface area contributed by atoms with E-state index in [9.17, 15) is 10.1 Å². The van der Waals surface area contributed by atoms with Crippen LogP contribution in [0.4, 0.5) is 0 Å². The Kier molecular flexibility index (Phi) is 4.33. The van der Waals surface area contributed by atoms with Crippen LogP contribution in [-0.2, 0) is 0 Å². The Morgan fingerprint density at radius 1 is 1.11 bits per heavy atom. The van der Waals surface area contributed by atoms with Crippen molar-refractivity contribution in [1.82, 2.24) is 0 Å². The zero-order chi connectivity index (χ0) is 13.7. The maximum absolute atomic E-state index is 12.1. The van der Waals surface area contributed by atoms with E-state index in [1.54, 1.807) is 24.3 Å². The average molecular weight is 270 g/mol. The molecular formula is C16H12ClNO. The number of hydrogen-bond donors (Lipinski definition) is 0. The van der Waals surface area contributed by atoms with Gasteiger partial charge < -0.3 is 0 Å². The van der Waals surface area contributed by atoms with Gasteiger partial charge in [-0.05, 0) is 29.8 Å². The van der Waals surface area contributed by atoms with Crippen molar-refractivity contribution in [3.8, 4) is 6.07 Å². The lowest BCUT2D eigenvalue weighted by atomic mass is 9.93. The minimum absolute atomic E-state index is 0.0490. The molecule has 2 nitrogen and oxygen atoms in total. The quantitative estimate of drug-likeness (QED) is 0.780. The summed E-state index contributed by atoms with van der Waals surface area (Å²) in [6.45, 7) is 0. The number of carbonyl (C=O) groups is 1. The molecule has 0 unspecified atom stereocenters. The van der Waals surface area contributed by atoms with E-state index in [0.29, 0.717) is 10.6 Å². The highest BCUT2D eigenvalue weighted by Gasteiger charge is 2.16. The minimum atomic E-state index is -0.413. The third-order valence-electron chi connectivity index (χ3n) is 2.91. The Balaban J connectivity index is 2.13. The standard InChI is InChI=1S/C16H12ClNO/c17-15-8-6-13(7-9-15)16(19)10-14(11-18)12-4-2-1-3-5-12/h1-9,14H,10H2/t14-/m1/s1. The second-order valence-corrected chi connectivity index (χ2v) is 4.66. The highest BCUT2D eigenvalue weighted by molar-refractivity contribution is 6.30. The van der Waals surface area contributed by atoms with Crippen LogP contribution in [0.25, 0.3) is 0 Å². The van der Waals surface area contributed by atoms with E-state index in [4.69, 9.17) is 11.6 Å². The van der Waals surface area contributed by atoms with Gasteiger partial charge in [0.25, 0.3) is 0 Å². The van der Waals surface area contributed by atoms with Crippen molar-refractivity contribution in [2.45, 2.75) is 12.3 Å². The third kappa shape index (κ3) is 3.43. The Morgan fingerprint density at radius 2 is 1.74 bits per heavy atom. The number of ketones is 1. The predicted octanol–water partition coefficient (Wildman–Crippen LogP) is 4.22. The maximum atomic E-state index is 12.1. The van der Waals surface area contributed by atoms with Crippen molar-refractivity contribution < 1.29 is 4.79 Å². The van der Waals surface area contributed by atoms with Crippen molar-refractivity contribution in [1.29, 1.82) is 5.26 Å². The smallest absolute Gasteiger partial charge is 0.164 e. The highest BCUT2D eigenvalue weighted by Crippen LogP contribution is 2.21. The lowest BCUT2D eigenvalue weighted by Gasteiger charge is -2.08. The topological polar surface area (TPSA) is 40.9 Å². The van der Waals surface area contributed by atoms with Gasteiger partial charge in [-0.25, -0.2) is 0 Å². The molecule has 0 bridgehead atoms. The van der Waals surface area contributed by atoms with Gasteiger partial charge in [-0.1, -0.05) is 41.9 Å². The van der Waals surface area contributed by atoms with E-state index in [1.165, 1.54) is 0 Å². The first kappa shape index (κ1) is 13.3. The molecule has 0 saturated heterocycles. The highest BCUT2D eigenvalue weighted by atomic mass is 35.5. The van der Waals surface area contributed by atoms with Crippen LogP contribution >= 0.6 is 11.6 Å². The van der Waals surface area contributed by atoms with Crippen LogP contribution in [0.15, 0.2) is 54.6 Å². The molecule has 0 aliphatic rings. The zero-order valence-corrected chi connectivity index (χ0v) is 11.0. The van der Waals surface area contributed by atoms with E-state index >= 15 is 0 Å². The summed E-state index contributed by atoms with van der Waals surface area (Å²) in [5.74, 6) is -0.462. The number of halogens is 1. The van der Waals surface area contributed by atoms with E-state index in [2.05, 4.69) is 6.07 Å². The van der Waals surface area contributed by atoms with Crippen LogP contribution in [0.5, 0.6) is 0 Å². The van der Waals surface area contributed by atoms with Crippen molar-refractivity contribution in [3.05, 3.63) is 70.7 Å². The third-order valence-corrected chi connectivity index (χ3v) is 3.17. The normalized spacial score (nSPS) is 11.6. The van der Waals surface area contributed by atoms with Crippen molar-refractivity contribution in [2.75, 3.05) is 0 Å². The fraction of sp³-hybridized carbons (Fsp3) is 0.125. The summed E-state index contributed by atoms with van der Waals surface area (Å²) in [7, 11) is 0. The lowest BCUT2D eigenvalue weighted by molar-refractivity contribution is 0.0979. The SMILES string of the molecule is N#C[C@@H](CC(=O)c1ccc(Cl)cc1)c1ccccc1. The van der Waals surface area contributed by atoms with Gasteiger partial charge in [-0.15, -0.1) is 0 Å². The molecule has 0 heterocycles. The second-order valence-electron chi connectivity index (χ2n) is 4.23. The van der Waals surface area contributed by atoms with Crippen LogP contribution in [-0.4, -0.2) is 5.78 Å². The first-order valence-corrected chi connectivity index (χ1v) is 6.32. The number of benzene rings is 2. The predicted molar refractivity (Wildman–Crippen MR) is 75.2 cm³/mol. The Bertz CT molecular complexity index is 599. The van der Waals surface area contributed by atoms with E-state index < -0.39 is 5.92 Å². The molecule has 19 heavy (non-hydrogen) atoms. The van der Waals surface area contributed by atoms with Gasteiger partial charge in [0, 0.05) is 17.0 Å². The molecule has 2 aromatic rings. The fourth-order valence-electron chi connectivity index (χ4n) is 1.86. The number of nitriles is 1. The molecule has 0 spiro atoms. The minimum Gasteiger partial charge on any atom is -0.294 e. The summed E-state index contributed by atoms with van der Waals surface area (Å²) in [6.07, 6.45) is 0.183. The van der Waals surface area contributed by atoms with Crippen molar-refractivity contribution >= 4 is 17.4 Å². The summed E-state index contributed by atoms with van der Waals surface area (Å²) < 4.78 is 0. The number of Topliss-reactive ketones (excluding diaryl/α,β-unsaturated/α-hetero) is 1. The van der Waals surface area contributed by atoms with Crippen LogP contribution in [0.2, 0.25) is 5.02 Å². The van der Waals surface area contributed by atoms with Crippen LogP contribution in [0, 0.1) is 11.3 Å². The Labute approximate surface area is 117 Å².